The number of amides is 1. The van der Waals surface area contributed by atoms with Gasteiger partial charge in [0.15, 0.2) is 0 Å². The summed E-state index contributed by atoms with van der Waals surface area (Å²) in [4.78, 5) is 12.3. The molecular weight excluding hydrogens is 410 g/mol. The highest BCUT2D eigenvalue weighted by molar-refractivity contribution is 7.92. The summed E-state index contributed by atoms with van der Waals surface area (Å²) in [5.41, 5.74) is 5.94. The van der Waals surface area contributed by atoms with Gasteiger partial charge in [0.1, 0.15) is 0 Å². The van der Waals surface area contributed by atoms with Crippen LogP contribution < -0.4 is 10.1 Å². The number of hydrazone groups is 1. The van der Waals surface area contributed by atoms with Crippen molar-refractivity contribution in [2.45, 2.75) is 18.7 Å². The summed E-state index contributed by atoms with van der Waals surface area (Å²) in [6.07, 6.45) is 5.00. The van der Waals surface area contributed by atoms with E-state index in [1.54, 1.807) is 12.1 Å². The fourth-order valence-electron chi connectivity index (χ4n) is 2.86. The number of hydrogen-bond acceptors (Lipinski definition) is 4. The molecule has 7 heteroatoms. The highest BCUT2D eigenvalue weighted by Gasteiger charge is 2.17. The Kier molecular flexibility index (Phi) is 6.99. The predicted octanol–water partition coefficient (Wildman–Crippen LogP) is 4.53. The van der Waals surface area contributed by atoms with Crippen LogP contribution in [0.3, 0.4) is 0 Å². The van der Waals surface area contributed by atoms with Crippen LogP contribution in [0, 0.1) is 13.8 Å². The fraction of sp³-hybridized carbons (Fsp3) is 0.0833. The van der Waals surface area contributed by atoms with Crippen LogP contribution in [-0.2, 0) is 10.0 Å². The van der Waals surface area contributed by atoms with Gasteiger partial charge in [0.2, 0.25) is 0 Å². The van der Waals surface area contributed by atoms with Gasteiger partial charge in [-0.3, -0.25) is 9.52 Å². The fourth-order valence-corrected chi connectivity index (χ4v) is 4.03. The number of hydrogen-bond donors (Lipinski definition) is 2. The lowest BCUT2D eigenvalue weighted by Gasteiger charge is -2.12. The molecule has 3 rings (SSSR count). The van der Waals surface area contributed by atoms with E-state index in [0.717, 1.165) is 16.7 Å². The van der Waals surface area contributed by atoms with Gasteiger partial charge in [0.05, 0.1) is 10.6 Å². The molecule has 0 atom stereocenters. The first-order chi connectivity index (χ1) is 14.8. The lowest BCUT2D eigenvalue weighted by molar-refractivity contribution is 0.0955. The summed E-state index contributed by atoms with van der Waals surface area (Å²) in [5.74, 6) is -0.507. The van der Waals surface area contributed by atoms with Gasteiger partial charge in [-0.2, -0.15) is 5.10 Å². The van der Waals surface area contributed by atoms with Crippen LogP contribution in [0.5, 0.6) is 0 Å². The van der Waals surface area contributed by atoms with Gasteiger partial charge in [-0.25, -0.2) is 13.8 Å². The van der Waals surface area contributed by atoms with Crippen molar-refractivity contribution in [3.63, 3.8) is 0 Å². The van der Waals surface area contributed by atoms with Crippen molar-refractivity contribution in [1.29, 1.82) is 0 Å². The second-order valence-electron chi connectivity index (χ2n) is 6.94. The maximum Gasteiger partial charge on any atom is 0.271 e. The molecule has 6 nitrogen and oxygen atoms in total. The van der Waals surface area contributed by atoms with E-state index >= 15 is 0 Å². The van der Waals surface area contributed by atoms with Crippen molar-refractivity contribution in [1.82, 2.24) is 5.43 Å². The van der Waals surface area contributed by atoms with Crippen LogP contribution in [0.15, 0.2) is 88.9 Å². The van der Waals surface area contributed by atoms with Gasteiger partial charge >= 0.3 is 0 Å². The van der Waals surface area contributed by atoms with Gasteiger partial charge in [-0.1, -0.05) is 60.2 Å². The molecule has 2 N–H and O–H groups in total. The van der Waals surface area contributed by atoms with E-state index in [4.69, 9.17) is 0 Å². The number of allylic oxidation sites excluding steroid dienone is 1. The third-order valence-corrected chi connectivity index (χ3v) is 5.81. The van der Waals surface area contributed by atoms with Gasteiger partial charge in [0.25, 0.3) is 15.9 Å². The molecule has 0 heterocycles. The molecule has 0 radical (unpaired) electrons. The van der Waals surface area contributed by atoms with Crippen LogP contribution in [0.25, 0.3) is 6.08 Å². The molecule has 0 aliphatic rings. The van der Waals surface area contributed by atoms with Gasteiger partial charge in [-0.05, 0) is 55.3 Å². The predicted molar refractivity (Wildman–Crippen MR) is 125 cm³/mol. The normalized spacial score (nSPS) is 11.7. The minimum absolute atomic E-state index is 0.00641. The zero-order chi connectivity index (χ0) is 22.3. The quantitative estimate of drug-likeness (QED) is 0.424. The second-order valence-corrected chi connectivity index (χ2v) is 8.62. The van der Waals surface area contributed by atoms with Crippen LogP contribution in [0.2, 0.25) is 0 Å². The van der Waals surface area contributed by atoms with Crippen molar-refractivity contribution in [2.75, 3.05) is 4.72 Å². The Labute approximate surface area is 182 Å². The van der Waals surface area contributed by atoms with Gasteiger partial charge < -0.3 is 0 Å². The van der Waals surface area contributed by atoms with Crippen molar-refractivity contribution in [3.8, 4) is 0 Å². The zero-order valence-corrected chi connectivity index (χ0v) is 18.1. The van der Waals surface area contributed by atoms with E-state index in [1.165, 1.54) is 30.5 Å². The van der Waals surface area contributed by atoms with Gasteiger partial charge in [-0.15, -0.1) is 0 Å². The maximum absolute atomic E-state index is 12.8. The molecule has 158 valence electrons. The highest BCUT2D eigenvalue weighted by Crippen LogP contribution is 2.21. The third kappa shape index (κ3) is 6.13. The molecule has 0 unspecified atom stereocenters. The Morgan fingerprint density at radius 3 is 2.45 bits per heavy atom. The summed E-state index contributed by atoms with van der Waals surface area (Å²) in [5, 5.41) is 3.87. The van der Waals surface area contributed by atoms with Crippen molar-refractivity contribution < 1.29 is 13.2 Å². The molecule has 0 saturated carbocycles. The van der Waals surface area contributed by atoms with Crippen LogP contribution in [0.1, 0.15) is 27.0 Å². The number of aryl methyl sites for hydroxylation is 2. The molecule has 0 spiro atoms. The number of carbonyl (C=O) groups excluding carboxylic acids is 1. The second kappa shape index (κ2) is 9.86. The maximum atomic E-state index is 12.8. The molecule has 0 fully saturated rings. The van der Waals surface area contributed by atoms with Crippen LogP contribution in [-0.4, -0.2) is 20.5 Å². The first kappa shape index (κ1) is 22.0. The Morgan fingerprint density at radius 2 is 1.71 bits per heavy atom. The minimum atomic E-state index is -3.84. The Bertz CT molecular complexity index is 1230. The Morgan fingerprint density at radius 1 is 0.935 bits per heavy atom. The summed E-state index contributed by atoms with van der Waals surface area (Å²) >= 11 is 0. The molecule has 0 aliphatic carbocycles. The number of anilines is 1. The molecule has 0 saturated heterocycles. The Balaban J connectivity index is 1.67. The molecule has 3 aromatic rings. The van der Waals surface area contributed by atoms with Crippen LogP contribution >= 0.6 is 0 Å². The lowest BCUT2D eigenvalue weighted by atomic mass is 10.1. The number of rotatable bonds is 7. The molecule has 0 bridgehead atoms. The number of nitrogens with one attached hydrogen (secondary N) is 2. The highest BCUT2D eigenvalue weighted by atomic mass is 32.2. The number of benzene rings is 3. The van der Waals surface area contributed by atoms with E-state index in [9.17, 15) is 13.2 Å². The van der Waals surface area contributed by atoms with Crippen molar-refractivity contribution >= 4 is 33.9 Å². The zero-order valence-electron chi connectivity index (χ0n) is 17.2. The first-order valence-electron chi connectivity index (χ1n) is 9.60. The largest absolute Gasteiger partial charge is 0.279 e. The van der Waals surface area contributed by atoms with E-state index in [1.807, 2.05) is 62.4 Å². The smallest absolute Gasteiger partial charge is 0.271 e. The number of sulfonamides is 1. The Hall–Kier alpha value is -3.71. The molecular formula is C24H23N3O3S. The van der Waals surface area contributed by atoms with E-state index in [2.05, 4.69) is 15.2 Å². The SMILES string of the molecule is Cc1ccc(NS(=O)(=O)c2cccc(C(=O)NN=CC=Cc3ccccc3)c2)c(C)c1. The first-order valence-corrected chi connectivity index (χ1v) is 11.1. The van der Waals surface area contributed by atoms with E-state index < -0.39 is 15.9 Å². The van der Waals surface area contributed by atoms with Crippen molar-refractivity contribution in [3.05, 3.63) is 101 Å². The summed E-state index contributed by atoms with van der Waals surface area (Å²) < 4.78 is 28.1. The molecule has 31 heavy (non-hydrogen) atoms. The standard InChI is InChI=1S/C24H23N3O3S/c1-18-13-14-23(19(2)16-18)27-31(29,30)22-12-6-11-21(17-22)24(28)26-25-15-7-10-20-8-4-3-5-9-20/h3-17,27H,1-2H3,(H,26,28). The van der Waals surface area contributed by atoms with Crippen LogP contribution in [0.4, 0.5) is 5.69 Å². The average Bonchev–Trinajstić information content (AvgIpc) is 2.76. The summed E-state index contributed by atoms with van der Waals surface area (Å²) in [6, 6.07) is 20.9. The van der Waals surface area contributed by atoms with E-state index in [-0.39, 0.29) is 10.5 Å². The molecule has 1 amide bonds. The third-order valence-electron chi connectivity index (χ3n) is 4.45. The van der Waals surface area contributed by atoms with Crippen molar-refractivity contribution in [2.24, 2.45) is 5.10 Å². The number of carbonyl (C=O) groups is 1. The van der Waals surface area contributed by atoms with E-state index in [0.29, 0.717) is 5.69 Å². The molecule has 3 aromatic carbocycles. The topological polar surface area (TPSA) is 87.6 Å². The monoisotopic (exact) mass is 433 g/mol. The summed E-state index contributed by atoms with van der Waals surface area (Å²) in [6.45, 7) is 3.77. The van der Waals surface area contributed by atoms with Gasteiger partial charge in [0, 0.05) is 11.8 Å². The number of nitrogens with zero attached hydrogens (tertiary/aromatic N) is 1. The minimum Gasteiger partial charge on any atom is -0.279 e. The molecule has 0 aliphatic heterocycles. The average molecular weight is 434 g/mol. The molecule has 0 aromatic heterocycles. The lowest BCUT2D eigenvalue weighted by Crippen LogP contribution is -2.19. The summed E-state index contributed by atoms with van der Waals surface area (Å²) in [7, 11) is -3.84.